The summed E-state index contributed by atoms with van der Waals surface area (Å²) in [4.78, 5) is 2.42. The minimum Gasteiger partial charge on any atom is -0.314 e. The van der Waals surface area contributed by atoms with Crippen molar-refractivity contribution >= 4 is 0 Å². The van der Waals surface area contributed by atoms with E-state index in [1.54, 1.807) is 0 Å². The summed E-state index contributed by atoms with van der Waals surface area (Å²) in [6, 6.07) is 0. The second-order valence-electron chi connectivity index (χ2n) is 3.84. The van der Waals surface area contributed by atoms with Crippen LogP contribution in [0.5, 0.6) is 0 Å². The van der Waals surface area contributed by atoms with Crippen molar-refractivity contribution in [3.05, 3.63) is 12.7 Å². The Morgan fingerprint density at radius 2 is 1.33 bits per heavy atom. The maximum atomic E-state index is 3.79. The monoisotopic (exact) mass is 212 g/mol. The van der Waals surface area contributed by atoms with Gasteiger partial charge in [0.05, 0.1) is 0 Å². The molecule has 1 heterocycles. The lowest BCUT2D eigenvalue weighted by molar-refractivity contribution is 0.298. The minimum absolute atomic E-state index is 0.988. The van der Waals surface area contributed by atoms with Gasteiger partial charge in [0, 0.05) is 58.9 Å². The van der Waals surface area contributed by atoms with Gasteiger partial charge in [0.15, 0.2) is 0 Å². The fourth-order valence-electron chi connectivity index (χ4n) is 1.68. The molecule has 0 radical (unpaired) electrons. The van der Waals surface area contributed by atoms with Crippen molar-refractivity contribution in [2.45, 2.75) is 0 Å². The molecule has 0 spiro atoms. The van der Waals surface area contributed by atoms with Crippen molar-refractivity contribution in [2.75, 3.05) is 58.9 Å². The Labute approximate surface area is 93.1 Å². The third-order valence-corrected chi connectivity index (χ3v) is 2.55. The molecule has 0 aliphatic carbocycles. The smallest absolute Gasteiger partial charge is 0.0161 e. The normalized spacial score (nSPS) is 22.7. The molecule has 0 aromatic carbocycles. The molecule has 1 aliphatic rings. The lowest BCUT2D eigenvalue weighted by Gasteiger charge is -2.22. The molecule has 1 rings (SSSR count). The lowest BCUT2D eigenvalue weighted by Crippen LogP contribution is -2.41. The van der Waals surface area contributed by atoms with Crippen molar-refractivity contribution in [1.29, 1.82) is 0 Å². The number of nitrogens with zero attached hydrogens (tertiary/aromatic N) is 1. The maximum absolute atomic E-state index is 3.79. The summed E-state index contributed by atoms with van der Waals surface area (Å²) in [7, 11) is 0. The quantitative estimate of drug-likeness (QED) is 0.527. The van der Waals surface area contributed by atoms with E-state index < -0.39 is 0 Å². The Morgan fingerprint density at radius 1 is 0.867 bits per heavy atom. The molecule has 0 amide bonds. The predicted molar refractivity (Wildman–Crippen MR) is 65.2 cm³/mol. The van der Waals surface area contributed by atoms with Gasteiger partial charge in [-0.2, -0.15) is 0 Å². The summed E-state index contributed by atoms with van der Waals surface area (Å²) >= 11 is 0. The van der Waals surface area contributed by atoms with E-state index in [0.717, 1.165) is 58.9 Å². The average Bonchev–Trinajstić information content (AvgIpc) is 2.22. The number of hydrogen-bond acceptors (Lipinski definition) is 4. The molecule has 0 unspecified atom stereocenters. The van der Waals surface area contributed by atoms with Crippen LogP contribution in [0.4, 0.5) is 0 Å². The first-order valence-corrected chi connectivity index (χ1v) is 5.89. The van der Waals surface area contributed by atoms with E-state index >= 15 is 0 Å². The second kappa shape index (κ2) is 8.85. The van der Waals surface area contributed by atoms with E-state index in [2.05, 4.69) is 27.4 Å². The summed E-state index contributed by atoms with van der Waals surface area (Å²) in [6.45, 7) is 13.4. The standard InChI is InChI=1S/C11H24N4/c1-2-9-15-10-7-13-5-3-12-4-6-14-8-11-15/h2,12-14H,1,3-11H2. The molecule has 0 atom stereocenters. The molecule has 1 fully saturated rings. The summed E-state index contributed by atoms with van der Waals surface area (Å²) in [6.07, 6.45) is 1.98. The van der Waals surface area contributed by atoms with Gasteiger partial charge in [0.25, 0.3) is 0 Å². The predicted octanol–water partition coefficient (Wildman–Crippen LogP) is -0.743. The highest BCUT2D eigenvalue weighted by Gasteiger charge is 2.02. The molecular weight excluding hydrogens is 188 g/mol. The highest BCUT2D eigenvalue weighted by atomic mass is 15.2. The van der Waals surface area contributed by atoms with Crippen LogP contribution in [0.1, 0.15) is 0 Å². The van der Waals surface area contributed by atoms with Crippen LogP contribution in [-0.2, 0) is 0 Å². The average molecular weight is 212 g/mol. The van der Waals surface area contributed by atoms with Crippen molar-refractivity contribution in [1.82, 2.24) is 20.9 Å². The van der Waals surface area contributed by atoms with Crippen LogP contribution in [0.2, 0.25) is 0 Å². The van der Waals surface area contributed by atoms with Gasteiger partial charge in [-0.15, -0.1) is 6.58 Å². The molecule has 3 N–H and O–H groups in total. The SMILES string of the molecule is C=CCN1CCNCCNCCNCC1. The number of rotatable bonds is 2. The van der Waals surface area contributed by atoms with E-state index in [-0.39, 0.29) is 0 Å². The van der Waals surface area contributed by atoms with Gasteiger partial charge in [-0.05, 0) is 0 Å². The zero-order valence-corrected chi connectivity index (χ0v) is 9.60. The molecule has 0 bridgehead atoms. The van der Waals surface area contributed by atoms with Crippen LogP contribution in [0, 0.1) is 0 Å². The Hall–Kier alpha value is -0.420. The summed E-state index contributed by atoms with van der Waals surface area (Å²) in [5, 5.41) is 10.3. The third kappa shape index (κ3) is 6.62. The van der Waals surface area contributed by atoms with Crippen LogP contribution in [0.15, 0.2) is 12.7 Å². The molecule has 4 heteroatoms. The molecule has 88 valence electrons. The summed E-state index contributed by atoms with van der Waals surface area (Å²) in [5.41, 5.74) is 0. The van der Waals surface area contributed by atoms with E-state index in [1.165, 1.54) is 0 Å². The Morgan fingerprint density at radius 3 is 1.80 bits per heavy atom. The van der Waals surface area contributed by atoms with Crippen molar-refractivity contribution in [2.24, 2.45) is 0 Å². The highest BCUT2D eigenvalue weighted by molar-refractivity contribution is 4.74. The van der Waals surface area contributed by atoms with Gasteiger partial charge in [-0.25, -0.2) is 0 Å². The largest absolute Gasteiger partial charge is 0.314 e. The van der Waals surface area contributed by atoms with Gasteiger partial charge in [-0.3, -0.25) is 4.90 Å². The van der Waals surface area contributed by atoms with Crippen molar-refractivity contribution < 1.29 is 0 Å². The second-order valence-corrected chi connectivity index (χ2v) is 3.84. The number of nitrogens with one attached hydrogen (secondary N) is 3. The third-order valence-electron chi connectivity index (χ3n) is 2.55. The minimum atomic E-state index is 0.988. The van der Waals surface area contributed by atoms with E-state index in [1.807, 2.05) is 6.08 Å². The first-order chi connectivity index (χ1) is 7.43. The zero-order valence-electron chi connectivity index (χ0n) is 9.60. The lowest BCUT2D eigenvalue weighted by atomic mass is 10.4. The van der Waals surface area contributed by atoms with Crippen LogP contribution in [0.3, 0.4) is 0 Å². The molecular formula is C11H24N4. The molecule has 1 aliphatic heterocycles. The zero-order chi connectivity index (χ0) is 10.8. The Balaban J connectivity index is 2.22. The van der Waals surface area contributed by atoms with Gasteiger partial charge >= 0.3 is 0 Å². The van der Waals surface area contributed by atoms with Crippen LogP contribution in [-0.4, -0.2) is 63.8 Å². The van der Waals surface area contributed by atoms with Crippen molar-refractivity contribution in [3.8, 4) is 0 Å². The van der Waals surface area contributed by atoms with Gasteiger partial charge in [-0.1, -0.05) is 6.08 Å². The molecule has 4 nitrogen and oxygen atoms in total. The van der Waals surface area contributed by atoms with E-state index in [9.17, 15) is 0 Å². The molecule has 0 aromatic rings. The Kier molecular flexibility index (Phi) is 7.47. The van der Waals surface area contributed by atoms with E-state index in [4.69, 9.17) is 0 Å². The fourth-order valence-corrected chi connectivity index (χ4v) is 1.68. The van der Waals surface area contributed by atoms with Gasteiger partial charge in [0.2, 0.25) is 0 Å². The van der Waals surface area contributed by atoms with Crippen LogP contribution >= 0.6 is 0 Å². The molecule has 0 saturated carbocycles. The summed E-state index contributed by atoms with van der Waals surface area (Å²) < 4.78 is 0. The molecule has 1 saturated heterocycles. The number of hydrogen-bond donors (Lipinski definition) is 3. The molecule has 0 aromatic heterocycles. The first-order valence-electron chi connectivity index (χ1n) is 5.89. The topological polar surface area (TPSA) is 39.3 Å². The fraction of sp³-hybridized carbons (Fsp3) is 0.818. The Bertz CT molecular complexity index is 149. The molecule has 15 heavy (non-hydrogen) atoms. The maximum Gasteiger partial charge on any atom is 0.0161 e. The summed E-state index contributed by atoms with van der Waals surface area (Å²) in [5.74, 6) is 0. The highest BCUT2D eigenvalue weighted by Crippen LogP contribution is 1.86. The van der Waals surface area contributed by atoms with Gasteiger partial charge < -0.3 is 16.0 Å². The van der Waals surface area contributed by atoms with Crippen LogP contribution in [0.25, 0.3) is 0 Å². The van der Waals surface area contributed by atoms with E-state index in [0.29, 0.717) is 0 Å². The first kappa shape index (κ1) is 12.6. The van der Waals surface area contributed by atoms with Crippen molar-refractivity contribution in [3.63, 3.8) is 0 Å². The van der Waals surface area contributed by atoms with Crippen LogP contribution < -0.4 is 16.0 Å². The van der Waals surface area contributed by atoms with Gasteiger partial charge in [0.1, 0.15) is 0 Å².